The predicted molar refractivity (Wildman–Crippen MR) is 48.0 cm³/mol. The molecule has 13 heavy (non-hydrogen) atoms. The van der Waals surface area contributed by atoms with Crippen molar-refractivity contribution in [2.75, 3.05) is 5.73 Å². The van der Waals surface area contributed by atoms with Gasteiger partial charge in [0.25, 0.3) is 0 Å². The van der Waals surface area contributed by atoms with Gasteiger partial charge in [-0.15, -0.1) is 0 Å². The molecule has 0 aliphatic rings. The van der Waals surface area contributed by atoms with Gasteiger partial charge in [-0.05, 0) is 18.6 Å². The molecule has 1 unspecified atom stereocenters. The van der Waals surface area contributed by atoms with Gasteiger partial charge in [0.15, 0.2) is 0 Å². The summed E-state index contributed by atoms with van der Waals surface area (Å²) in [5.74, 6) is -2.89. The Morgan fingerprint density at radius 2 is 2.08 bits per heavy atom. The van der Waals surface area contributed by atoms with E-state index in [4.69, 9.17) is 5.73 Å². The van der Waals surface area contributed by atoms with Crippen LogP contribution in [0.15, 0.2) is 23.1 Å². The summed E-state index contributed by atoms with van der Waals surface area (Å²) in [6, 6.07) is 4.59. The Morgan fingerprint density at radius 3 is 2.62 bits per heavy atom. The molecule has 2 nitrogen and oxygen atoms in total. The quantitative estimate of drug-likeness (QED) is 0.749. The van der Waals surface area contributed by atoms with Crippen LogP contribution in [0.5, 0.6) is 0 Å². The van der Waals surface area contributed by atoms with Crippen LogP contribution in [0.4, 0.5) is 14.5 Å². The molecule has 72 valence electrons. The van der Waals surface area contributed by atoms with Crippen molar-refractivity contribution in [3.8, 4) is 0 Å². The van der Waals surface area contributed by atoms with Crippen LogP contribution < -0.4 is 5.73 Å². The second kappa shape index (κ2) is 3.83. The van der Waals surface area contributed by atoms with Crippen LogP contribution >= 0.6 is 0 Å². The summed E-state index contributed by atoms with van der Waals surface area (Å²) < 4.78 is 35.1. The summed E-state index contributed by atoms with van der Waals surface area (Å²) in [6.07, 6.45) is 0. The van der Waals surface area contributed by atoms with Gasteiger partial charge in [-0.1, -0.05) is 12.1 Å². The van der Waals surface area contributed by atoms with E-state index < -0.39 is 16.6 Å². The molecule has 0 saturated carbocycles. The molecule has 1 aromatic rings. The fourth-order valence-electron chi connectivity index (χ4n) is 0.925. The molecule has 1 atom stereocenters. The number of aryl methyl sites for hydroxylation is 1. The SMILES string of the molecule is Cc1cccc(S(=O)C(F)F)c1N. The molecule has 0 aliphatic carbocycles. The summed E-state index contributed by atoms with van der Waals surface area (Å²) in [5.41, 5.74) is 6.34. The molecule has 0 bridgehead atoms. The van der Waals surface area contributed by atoms with Crippen molar-refractivity contribution in [1.82, 2.24) is 0 Å². The van der Waals surface area contributed by atoms with E-state index in [1.807, 2.05) is 0 Å². The Morgan fingerprint density at radius 1 is 1.46 bits per heavy atom. The molecular formula is C8H9F2NOS. The second-order valence-corrected chi connectivity index (χ2v) is 3.94. The highest BCUT2D eigenvalue weighted by molar-refractivity contribution is 7.85. The van der Waals surface area contributed by atoms with Crippen molar-refractivity contribution in [3.63, 3.8) is 0 Å². The third-order valence-electron chi connectivity index (χ3n) is 1.66. The molecule has 0 aliphatic heterocycles. The summed E-state index contributed by atoms with van der Waals surface area (Å²) in [7, 11) is -2.32. The zero-order valence-corrected chi connectivity index (χ0v) is 7.78. The van der Waals surface area contributed by atoms with E-state index in [1.165, 1.54) is 6.07 Å². The molecule has 0 aromatic heterocycles. The van der Waals surface area contributed by atoms with Crippen LogP contribution in [0, 0.1) is 6.92 Å². The number of alkyl halides is 2. The van der Waals surface area contributed by atoms with Crippen LogP contribution in [0.2, 0.25) is 0 Å². The first kappa shape index (κ1) is 10.1. The molecule has 0 fully saturated rings. The van der Waals surface area contributed by atoms with Crippen molar-refractivity contribution in [2.24, 2.45) is 0 Å². The smallest absolute Gasteiger partial charge is 0.316 e. The van der Waals surface area contributed by atoms with Crippen LogP contribution in [-0.2, 0) is 10.8 Å². The molecule has 1 aromatic carbocycles. The van der Waals surface area contributed by atoms with E-state index in [9.17, 15) is 13.0 Å². The molecule has 0 spiro atoms. The minimum atomic E-state index is -2.89. The Bertz CT molecular complexity index is 341. The van der Waals surface area contributed by atoms with Gasteiger partial charge in [-0.3, -0.25) is 0 Å². The second-order valence-electron chi connectivity index (χ2n) is 2.54. The monoisotopic (exact) mass is 205 g/mol. The van der Waals surface area contributed by atoms with E-state index in [2.05, 4.69) is 0 Å². The number of hydrogen-bond acceptors (Lipinski definition) is 2. The lowest BCUT2D eigenvalue weighted by atomic mass is 10.2. The van der Waals surface area contributed by atoms with Gasteiger partial charge < -0.3 is 5.73 Å². The summed E-state index contributed by atoms with van der Waals surface area (Å²) in [4.78, 5) is 0.00926. The summed E-state index contributed by atoms with van der Waals surface area (Å²) in [5, 5.41) is 0. The number of anilines is 1. The molecule has 0 amide bonds. The lowest BCUT2D eigenvalue weighted by Gasteiger charge is -2.06. The first-order valence-corrected chi connectivity index (χ1v) is 4.79. The van der Waals surface area contributed by atoms with Crippen molar-refractivity contribution >= 4 is 16.5 Å². The van der Waals surface area contributed by atoms with Crippen LogP contribution in [0.3, 0.4) is 0 Å². The highest BCUT2D eigenvalue weighted by Crippen LogP contribution is 2.23. The Hall–Kier alpha value is -0.970. The number of rotatable bonds is 2. The van der Waals surface area contributed by atoms with Crippen molar-refractivity contribution in [2.45, 2.75) is 17.6 Å². The van der Waals surface area contributed by atoms with E-state index in [0.29, 0.717) is 5.56 Å². The van der Waals surface area contributed by atoms with Crippen molar-refractivity contribution in [3.05, 3.63) is 23.8 Å². The highest BCUT2D eigenvalue weighted by Gasteiger charge is 2.18. The minimum absolute atomic E-state index is 0.00926. The maximum atomic E-state index is 12.1. The van der Waals surface area contributed by atoms with Gasteiger partial charge in [0.05, 0.1) is 10.6 Å². The summed E-state index contributed by atoms with van der Waals surface area (Å²) in [6.45, 7) is 1.68. The Balaban J connectivity index is 3.15. The first-order chi connectivity index (χ1) is 6.04. The fraction of sp³-hybridized carbons (Fsp3) is 0.250. The number of nitrogens with two attached hydrogens (primary N) is 1. The van der Waals surface area contributed by atoms with Gasteiger partial charge in [-0.25, -0.2) is 4.21 Å². The maximum Gasteiger partial charge on any atom is 0.316 e. The van der Waals surface area contributed by atoms with Gasteiger partial charge in [0.1, 0.15) is 10.8 Å². The first-order valence-electron chi connectivity index (χ1n) is 3.58. The normalized spacial score (nSPS) is 13.2. The number of benzene rings is 1. The number of halogens is 2. The number of hydrogen-bond donors (Lipinski definition) is 1. The third-order valence-corrected chi connectivity index (χ3v) is 2.78. The van der Waals surface area contributed by atoms with Crippen LogP contribution in [-0.4, -0.2) is 9.97 Å². The van der Waals surface area contributed by atoms with Gasteiger partial charge >= 0.3 is 5.76 Å². The highest BCUT2D eigenvalue weighted by atomic mass is 32.2. The average Bonchev–Trinajstić information content (AvgIpc) is 2.08. The lowest BCUT2D eigenvalue weighted by molar-refractivity contribution is 0.244. The van der Waals surface area contributed by atoms with E-state index >= 15 is 0 Å². The van der Waals surface area contributed by atoms with Gasteiger partial charge in [-0.2, -0.15) is 8.78 Å². The van der Waals surface area contributed by atoms with E-state index in [0.717, 1.165) is 0 Å². The molecule has 0 radical (unpaired) electrons. The Labute approximate surface area is 77.2 Å². The minimum Gasteiger partial charge on any atom is -0.398 e. The third kappa shape index (κ3) is 2.03. The van der Waals surface area contributed by atoms with E-state index in [-0.39, 0.29) is 10.6 Å². The van der Waals surface area contributed by atoms with Gasteiger partial charge in [0, 0.05) is 0 Å². The summed E-state index contributed by atoms with van der Waals surface area (Å²) >= 11 is 0. The molecule has 5 heteroatoms. The molecule has 1 rings (SSSR count). The molecule has 2 N–H and O–H groups in total. The maximum absolute atomic E-state index is 12.1. The van der Waals surface area contributed by atoms with E-state index in [1.54, 1.807) is 19.1 Å². The zero-order chi connectivity index (χ0) is 10.0. The fourth-order valence-corrected chi connectivity index (χ4v) is 1.71. The molecule has 0 saturated heterocycles. The van der Waals surface area contributed by atoms with Crippen LogP contribution in [0.1, 0.15) is 5.56 Å². The zero-order valence-electron chi connectivity index (χ0n) is 6.96. The van der Waals surface area contributed by atoms with Crippen LogP contribution in [0.25, 0.3) is 0 Å². The Kier molecular flexibility index (Phi) is 2.98. The van der Waals surface area contributed by atoms with Crippen molar-refractivity contribution < 1.29 is 13.0 Å². The average molecular weight is 205 g/mol. The van der Waals surface area contributed by atoms with Gasteiger partial charge in [0.2, 0.25) is 0 Å². The topological polar surface area (TPSA) is 43.1 Å². The molecular weight excluding hydrogens is 196 g/mol. The van der Waals surface area contributed by atoms with Crippen molar-refractivity contribution in [1.29, 1.82) is 0 Å². The number of nitrogen functional groups attached to an aromatic ring is 1. The largest absolute Gasteiger partial charge is 0.398 e. The standard InChI is InChI=1S/C8H9F2NOS/c1-5-3-2-4-6(7(5)11)13(12)8(9)10/h2-4,8H,11H2,1H3. The number of para-hydroxylation sites is 1. The predicted octanol–water partition coefficient (Wildman–Crippen LogP) is 1.91. The molecule has 0 heterocycles. The lowest BCUT2D eigenvalue weighted by Crippen LogP contribution is -2.06.